The van der Waals surface area contributed by atoms with Crippen molar-refractivity contribution in [2.75, 3.05) is 13.2 Å². The van der Waals surface area contributed by atoms with Gasteiger partial charge in [0.2, 0.25) is 0 Å². The summed E-state index contributed by atoms with van der Waals surface area (Å²) < 4.78 is 6.80. The van der Waals surface area contributed by atoms with Crippen LogP contribution in [0.5, 0.6) is 0 Å². The zero-order valence-corrected chi connectivity index (χ0v) is 17.7. The molecule has 0 radical (unpaired) electrons. The van der Waals surface area contributed by atoms with E-state index in [2.05, 4.69) is 10.4 Å². The van der Waals surface area contributed by atoms with Gasteiger partial charge in [-0.15, -0.1) is 11.3 Å². The molecule has 0 aliphatic rings. The molecule has 3 rings (SSSR count). The molecule has 1 aromatic carbocycles. The van der Waals surface area contributed by atoms with Crippen LogP contribution in [0.2, 0.25) is 10.0 Å². The zero-order valence-electron chi connectivity index (χ0n) is 15.4. The molecule has 0 unspecified atom stereocenters. The van der Waals surface area contributed by atoms with Crippen LogP contribution in [0.4, 0.5) is 0 Å². The quantitative estimate of drug-likeness (QED) is 0.434. The van der Waals surface area contributed by atoms with Crippen molar-refractivity contribution in [3.63, 3.8) is 0 Å². The Morgan fingerprint density at radius 2 is 2.07 bits per heavy atom. The molecule has 2 aromatic heterocycles. The number of hydrogen-bond donors (Lipinski definition) is 1. The number of rotatable bonds is 7. The molecule has 0 fully saturated rings. The number of fused-ring (bicyclic) bond motifs is 1. The van der Waals surface area contributed by atoms with Crippen LogP contribution < -0.4 is 5.32 Å². The molecule has 1 N–H and O–H groups in total. The lowest BCUT2D eigenvalue weighted by atomic mass is 10.2. The summed E-state index contributed by atoms with van der Waals surface area (Å²) in [5.74, 6) is -1.05. The van der Waals surface area contributed by atoms with Crippen LogP contribution in [0.15, 0.2) is 24.3 Å². The number of thiophene rings is 1. The monoisotopic (exact) mass is 450 g/mol. The topological polar surface area (TPSA) is 97.0 Å². The van der Waals surface area contributed by atoms with Gasteiger partial charge in [-0.3, -0.25) is 4.79 Å². The molecule has 7 nitrogen and oxygen atoms in total. The van der Waals surface area contributed by atoms with Crippen LogP contribution in [0.3, 0.4) is 0 Å². The van der Waals surface area contributed by atoms with Crippen LogP contribution in [-0.4, -0.2) is 34.8 Å². The predicted octanol–water partition coefficient (Wildman–Crippen LogP) is 3.95. The Bertz CT molecular complexity index is 1100. The van der Waals surface area contributed by atoms with E-state index in [1.807, 2.05) is 13.0 Å². The number of halogens is 2. The minimum Gasteiger partial charge on any atom is -0.451 e. The Balaban J connectivity index is 1.75. The molecule has 0 atom stereocenters. The molecular weight excluding hydrogens is 435 g/mol. The van der Waals surface area contributed by atoms with Gasteiger partial charge in [0.1, 0.15) is 9.71 Å². The lowest BCUT2D eigenvalue weighted by Gasteiger charge is -2.07. The average Bonchev–Trinajstić information content (AvgIpc) is 3.24. The molecule has 1 amide bonds. The number of aryl methyl sites for hydroxylation is 1. The van der Waals surface area contributed by atoms with Gasteiger partial charge in [0.25, 0.3) is 5.91 Å². The maximum absolute atomic E-state index is 12.3. The number of ether oxygens (including phenoxy) is 1. The molecule has 2 heterocycles. The third kappa shape index (κ3) is 4.88. The highest BCUT2D eigenvalue weighted by Gasteiger charge is 2.19. The fraction of sp³-hybridized carbons (Fsp3) is 0.263. The van der Waals surface area contributed by atoms with Gasteiger partial charge < -0.3 is 10.1 Å². The summed E-state index contributed by atoms with van der Waals surface area (Å²) in [5, 5.41) is 17.4. The Hall–Kier alpha value is -2.60. The molecule has 0 spiro atoms. The van der Waals surface area contributed by atoms with Crippen molar-refractivity contribution in [2.45, 2.75) is 19.9 Å². The molecule has 3 aromatic rings. The van der Waals surface area contributed by atoms with E-state index in [1.54, 1.807) is 28.9 Å². The third-order valence-corrected chi connectivity index (χ3v) is 5.91. The maximum atomic E-state index is 12.3. The van der Waals surface area contributed by atoms with Crippen molar-refractivity contribution in [3.05, 3.63) is 50.4 Å². The van der Waals surface area contributed by atoms with E-state index >= 15 is 0 Å². The molecule has 29 heavy (non-hydrogen) atoms. The summed E-state index contributed by atoms with van der Waals surface area (Å²) in [6.45, 7) is 2.02. The molecule has 150 valence electrons. The Morgan fingerprint density at radius 3 is 2.76 bits per heavy atom. The van der Waals surface area contributed by atoms with Gasteiger partial charge in [0.15, 0.2) is 6.61 Å². The number of esters is 1. The largest absolute Gasteiger partial charge is 0.451 e. The lowest BCUT2D eigenvalue weighted by Crippen LogP contribution is -2.29. The summed E-state index contributed by atoms with van der Waals surface area (Å²) >= 11 is 13.7. The van der Waals surface area contributed by atoms with Gasteiger partial charge in [-0.05, 0) is 25.1 Å². The summed E-state index contributed by atoms with van der Waals surface area (Å²) in [5.41, 5.74) is 1.50. The van der Waals surface area contributed by atoms with Gasteiger partial charge in [0, 0.05) is 27.5 Å². The van der Waals surface area contributed by atoms with Gasteiger partial charge >= 0.3 is 5.97 Å². The summed E-state index contributed by atoms with van der Waals surface area (Å²) in [4.78, 5) is 25.1. The van der Waals surface area contributed by atoms with Gasteiger partial charge in [-0.2, -0.15) is 10.4 Å². The minimum absolute atomic E-state index is 0.196. The predicted molar refractivity (Wildman–Crippen MR) is 111 cm³/mol. The number of aromatic nitrogens is 2. The Morgan fingerprint density at radius 1 is 1.34 bits per heavy atom. The van der Waals surface area contributed by atoms with Crippen molar-refractivity contribution in [1.29, 1.82) is 5.26 Å². The fourth-order valence-corrected chi connectivity index (χ4v) is 4.24. The number of hydrogen-bond acceptors (Lipinski definition) is 6. The van der Waals surface area contributed by atoms with E-state index in [4.69, 9.17) is 33.2 Å². The standard InChI is InChI=1S/C19H16Cl2N4O3S/c1-11-12-8-16(19(27)28-10-17(26)23-7-3-6-22)29-18(12)25(24-11)9-13-14(20)4-2-5-15(13)21/h2,4-5,8H,3,7,9-10H2,1H3,(H,23,26). The number of nitrogens with zero attached hydrogens (tertiary/aromatic N) is 3. The van der Waals surface area contributed by atoms with E-state index in [1.165, 1.54) is 11.3 Å². The fourth-order valence-electron chi connectivity index (χ4n) is 2.66. The van der Waals surface area contributed by atoms with Gasteiger partial charge in [-0.1, -0.05) is 29.3 Å². The SMILES string of the molecule is Cc1nn(Cc2c(Cl)cccc2Cl)c2sc(C(=O)OCC(=O)NCCC#N)cc12. The van der Waals surface area contributed by atoms with Crippen molar-refractivity contribution in [3.8, 4) is 6.07 Å². The number of nitriles is 1. The van der Waals surface area contributed by atoms with Crippen molar-refractivity contribution in [2.24, 2.45) is 0 Å². The molecule has 0 saturated heterocycles. The Labute approximate surface area is 180 Å². The first-order valence-corrected chi connectivity index (χ1v) is 10.2. The highest BCUT2D eigenvalue weighted by atomic mass is 35.5. The first kappa shape index (κ1) is 21.1. The van der Waals surface area contributed by atoms with E-state index in [0.29, 0.717) is 21.5 Å². The Kier molecular flexibility index (Phi) is 6.75. The van der Waals surface area contributed by atoms with Crippen LogP contribution in [0.1, 0.15) is 27.3 Å². The zero-order chi connectivity index (χ0) is 21.0. The molecule has 0 aliphatic carbocycles. The summed E-state index contributed by atoms with van der Waals surface area (Å²) in [7, 11) is 0. The molecule has 0 bridgehead atoms. The van der Waals surface area contributed by atoms with Crippen LogP contribution >= 0.6 is 34.5 Å². The van der Waals surface area contributed by atoms with Crippen molar-refractivity contribution < 1.29 is 14.3 Å². The van der Waals surface area contributed by atoms with Gasteiger partial charge in [0.05, 0.1) is 24.7 Å². The molecule has 0 aliphatic heterocycles. The smallest absolute Gasteiger partial charge is 0.348 e. The van der Waals surface area contributed by atoms with Gasteiger partial charge in [-0.25, -0.2) is 9.48 Å². The minimum atomic E-state index is -0.594. The van der Waals surface area contributed by atoms with Crippen LogP contribution in [0.25, 0.3) is 10.2 Å². The van der Waals surface area contributed by atoms with E-state index in [-0.39, 0.29) is 13.0 Å². The van der Waals surface area contributed by atoms with Crippen LogP contribution in [-0.2, 0) is 16.1 Å². The highest BCUT2D eigenvalue weighted by molar-refractivity contribution is 7.20. The summed E-state index contributed by atoms with van der Waals surface area (Å²) in [6, 6.07) is 8.90. The maximum Gasteiger partial charge on any atom is 0.348 e. The third-order valence-electron chi connectivity index (χ3n) is 4.07. The van der Waals surface area contributed by atoms with E-state index in [0.717, 1.165) is 21.5 Å². The summed E-state index contributed by atoms with van der Waals surface area (Å²) in [6.07, 6.45) is 0.196. The average molecular weight is 451 g/mol. The normalized spacial score (nSPS) is 10.7. The molecule has 0 saturated carbocycles. The van der Waals surface area contributed by atoms with E-state index in [9.17, 15) is 9.59 Å². The first-order valence-electron chi connectivity index (χ1n) is 8.61. The number of carbonyl (C=O) groups excluding carboxylic acids is 2. The second-order valence-corrected chi connectivity index (χ2v) is 7.95. The number of carbonyl (C=O) groups is 2. The van der Waals surface area contributed by atoms with Crippen LogP contribution in [0, 0.1) is 18.3 Å². The molecule has 10 heteroatoms. The first-order chi connectivity index (χ1) is 13.9. The number of benzene rings is 1. The number of nitrogens with one attached hydrogen (secondary N) is 1. The number of amides is 1. The molecular formula is C19H16Cl2N4O3S. The second-order valence-electron chi connectivity index (χ2n) is 6.11. The lowest BCUT2D eigenvalue weighted by molar-refractivity contribution is -0.124. The van der Waals surface area contributed by atoms with E-state index < -0.39 is 18.5 Å². The second kappa shape index (κ2) is 9.27. The van der Waals surface area contributed by atoms with Crippen molar-refractivity contribution >= 4 is 56.6 Å². The van der Waals surface area contributed by atoms with Crippen molar-refractivity contribution in [1.82, 2.24) is 15.1 Å². The highest BCUT2D eigenvalue weighted by Crippen LogP contribution is 2.31.